The number of aryl methyl sites for hydroxylation is 1. The molecule has 1 aromatic heterocycles. The first-order chi connectivity index (χ1) is 10.2. The van der Waals surface area contributed by atoms with Crippen molar-refractivity contribution >= 4 is 11.6 Å². The third kappa shape index (κ3) is 4.73. The summed E-state index contributed by atoms with van der Waals surface area (Å²) in [5.74, 6) is 1.36. The number of hydrogen-bond donors (Lipinski definition) is 1. The van der Waals surface area contributed by atoms with Crippen LogP contribution in [0.4, 0.5) is 0 Å². The summed E-state index contributed by atoms with van der Waals surface area (Å²) in [7, 11) is 0. The molecule has 0 unspecified atom stereocenters. The lowest BCUT2D eigenvalue weighted by Gasteiger charge is -2.09. The Morgan fingerprint density at radius 1 is 1.10 bits per heavy atom. The Balaban J connectivity index is 2.08. The molecule has 2 rings (SSSR count). The van der Waals surface area contributed by atoms with Gasteiger partial charge in [0.15, 0.2) is 0 Å². The number of hydrogen-bond acceptors (Lipinski definition) is 3. The second kappa shape index (κ2) is 8.01. The highest BCUT2D eigenvalue weighted by atomic mass is 35.5. The van der Waals surface area contributed by atoms with Crippen LogP contribution in [-0.4, -0.2) is 11.5 Å². The number of nitrogens with one attached hydrogen (secondary N) is 1. The fourth-order valence-corrected chi connectivity index (χ4v) is 2.19. The molecular weight excluding hydrogens is 284 g/mol. The highest BCUT2D eigenvalue weighted by molar-refractivity contribution is 6.31. The van der Waals surface area contributed by atoms with Crippen molar-refractivity contribution in [2.45, 2.75) is 33.2 Å². The molecule has 0 aliphatic heterocycles. The topological polar surface area (TPSA) is 34.1 Å². The molecule has 1 N–H and O–H groups in total. The zero-order chi connectivity index (χ0) is 15.1. The Bertz CT molecular complexity index is 570. The van der Waals surface area contributed by atoms with E-state index in [2.05, 4.69) is 29.4 Å². The SMILES string of the molecule is CCCc1ccc(Oc2ccc(Cl)c(CNCC)n2)cc1. The molecule has 2 aromatic rings. The highest BCUT2D eigenvalue weighted by Gasteiger charge is 2.05. The summed E-state index contributed by atoms with van der Waals surface area (Å²) in [6.45, 7) is 5.74. The lowest BCUT2D eigenvalue weighted by Crippen LogP contribution is -2.13. The van der Waals surface area contributed by atoms with Gasteiger partial charge in [0.1, 0.15) is 5.75 Å². The Hall–Kier alpha value is -1.58. The number of nitrogens with zero attached hydrogens (tertiary/aromatic N) is 1. The van der Waals surface area contributed by atoms with Gasteiger partial charge in [-0.15, -0.1) is 0 Å². The van der Waals surface area contributed by atoms with E-state index in [0.717, 1.165) is 30.8 Å². The highest BCUT2D eigenvalue weighted by Crippen LogP contribution is 2.23. The molecular formula is C17H21ClN2O. The van der Waals surface area contributed by atoms with Crippen LogP contribution in [0.1, 0.15) is 31.5 Å². The molecule has 0 bridgehead atoms. The van der Waals surface area contributed by atoms with Gasteiger partial charge in [0.2, 0.25) is 5.88 Å². The standard InChI is InChI=1S/C17H21ClN2O/c1-3-5-13-6-8-14(9-7-13)21-17-11-10-15(18)16(20-17)12-19-4-2/h6-11,19H,3-5,12H2,1-2H3. The van der Waals surface area contributed by atoms with Crippen molar-refractivity contribution in [1.82, 2.24) is 10.3 Å². The maximum Gasteiger partial charge on any atom is 0.219 e. The van der Waals surface area contributed by atoms with Crippen LogP contribution in [0.25, 0.3) is 0 Å². The Morgan fingerprint density at radius 3 is 2.52 bits per heavy atom. The van der Waals surface area contributed by atoms with Crippen molar-refractivity contribution in [2.75, 3.05) is 6.54 Å². The molecule has 0 amide bonds. The van der Waals surface area contributed by atoms with Gasteiger partial charge in [0.05, 0.1) is 10.7 Å². The Labute approximate surface area is 131 Å². The number of ether oxygens (including phenoxy) is 1. The minimum atomic E-state index is 0.565. The van der Waals surface area contributed by atoms with E-state index in [1.54, 1.807) is 6.07 Å². The molecule has 0 saturated carbocycles. The van der Waals surface area contributed by atoms with Gasteiger partial charge in [-0.1, -0.05) is 44.0 Å². The van der Waals surface area contributed by atoms with Gasteiger partial charge in [-0.25, -0.2) is 4.98 Å². The van der Waals surface area contributed by atoms with E-state index >= 15 is 0 Å². The number of rotatable bonds is 7. The molecule has 0 fully saturated rings. The molecule has 0 radical (unpaired) electrons. The van der Waals surface area contributed by atoms with Gasteiger partial charge in [-0.3, -0.25) is 0 Å². The molecule has 0 aliphatic rings. The van der Waals surface area contributed by atoms with E-state index in [4.69, 9.17) is 16.3 Å². The molecule has 0 atom stereocenters. The van der Waals surface area contributed by atoms with Gasteiger partial charge >= 0.3 is 0 Å². The second-order valence-corrected chi connectivity index (χ2v) is 5.26. The average molecular weight is 305 g/mol. The van der Waals surface area contributed by atoms with Crippen molar-refractivity contribution in [3.8, 4) is 11.6 Å². The monoisotopic (exact) mass is 304 g/mol. The Morgan fingerprint density at radius 2 is 1.86 bits per heavy atom. The van der Waals surface area contributed by atoms with Crippen molar-refractivity contribution in [3.63, 3.8) is 0 Å². The number of benzene rings is 1. The van der Waals surface area contributed by atoms with Gasteiger partial charge < -0.3 is 10.1 Å². The van der Waals surface area contributed by atoms with E-state index in [1.165, 1.54) is 5.56 Å². The summed E-state index contributed by atoms with van der Waals surface area (Å²) >= 11 is 6.13. The number of pyridine rings is 1. The van der Waals surface area contributed by atoms with Crippen LogP contribution in [-0.2, 0) is 13.0 Å². The zero-order valence-corrected chi connectivity index (χ0v) is 13.3. The third-order valence-corrected chi connectivity index (χ3v) is 3.46. The molecule has 112 valence electrons. The molecule has 1 aromatic carbocycles. The van der Waals surface area contributed by atoms with Crippen LogP contribution in [0.5, 0.6) is 11.6 Å². The average Bonchev–Trinajstić information content (AvgIpc) is 2.50. The minimum Gasteiger partial charge on any atom is -0.439 e. The molecule has 0 aliphatic carbocycles. The Kier molecular flexibility index (Phi) is 6.03. The van der Waals surface area contributed by atoms with Crippen LogP contribution in [0, 0.1) is 0 Å². The quantitative estimate of drug-likeness (QED) is 0.812. The van der Waals surface area contributed by atoms with Gasteiger partial charge in [-0.2, -0.15) is 0 Å². The smallest absolute Gasteiger partial charge is 0.219 e. The lowest BCUT2D eigenvalue weighted by molar-refractivity contribution is 0.459. The summed E-state index contributed by atoms with van der Waals surface area (Å²) < 4.78 is 5.79. The zero-order valence-electron chi connectivity index (χ0n) is 12.5. The van der Waals surface area contributed by atoms with Gasteiger partial charge in [0, 0.05) is 12.6 Å². The molecule has 0 spiro atoms. The minimum absolute atomic E-state index is 0.565. The maximum absolute atomic E-state index is 6.13. The largest absolute Gasteiger partial charge is 0.439 e. The van der Waals surface area contributed by atoms with Crippen molar-refractivity contribution in [1.29, 1.82) is 0 Å². The van der Waals surface area contributed by atoms with Gasteiger partial charge in [-0.05, 0) is 36.7 Å². The first-order valence-corrected chi connectivity index (χ1v) is 7.73. The van der Waals surface area contributed by atoms with E-state index in [9.17, 15) is 0 Å². The van der Waals surface area contributed by atoms with Crippen LogP contribution < -0.4 is 10.1 Å². The molecule has 0 saturated heterocycles. The summed E-state index contributed by atoms with van der Waals surface area (Å²) in [4.78, 5) is 4.45. The fraction of sp³-hybridized carbons (Fsp3) is 0.353. The van der Waals surface area contributed by atoms with Crippen molar-refractivity contribution in [2.24, 2.45) is 0 Å². The van der Waals surface area contributed by atoms with Crippen LogP contribution >= 0.6 is 11.6 Å². The van der Waals surface area contributed by atoms with E-state index in [0.29, 0.717) is 17.4 Å². The second-order valence-electron chi connectivity index (χ2n) is 4.85. The molecule has 1 heterocycles. The summed E-state index contributed by atoms with van der Waals surface area (Å²) in [5, 5.41) is 3.87. The molecule has 3 nitrogen and oxygen atoms in total. The van der Waals surface area contributed by atoms with Crippen LogP contribution in [0.3, 0.4) is 0 Å². The van der Waals surface area contributed by atoms with Gasteiger partial charge in [0.25, 0.3) is 0 Å². The summed E-state index contributed by atoms with van der Waals surface area (Å²) in [5.41, 5.74) is 2.13. The summed E-state index contributed by atoms with van der Waals surface area (Å²) in [6.07, 6.45) is 2.24. The first kappa shape index (κ1) is 15.8. The molecule has 21 heavy (non-hydrogen) atoms. The molecule has 4 heteroatoms. The predicted molar refractivity (Wildman–Crippen MR) is 87.1 cm³/mol. The van der Waals surface area contributed by atoms with Crippen molar-refractivity contribution in [3.05, 3.63) is 52.7 Å². The third-order valence-electron chi connectivity index (χ3n) is 3.12. The normalized spacial score (nSPS) is 10.6. The fourth-order valence-electron chi connectivity index (χ4n) is 2.02. The van der Waals surface area contributed by atoms with E-state index in [1.807, 2.05) is 25.1 Å². The van der Waals surface area contributed by atoms with Crippen LogP contribution in [0.2, 0.25) is 5.02 Å². The summed E-state index contributed by atoms with van der Waals surface area (Å²) in [6, 6.07) is 11.7. The maximum atomic E-state index is 6.13. The van der Waals surface area contributed by atoms with E-state index in [-0.39, 0.29) is 0 Å². The van der Waals surface area contributed by atoms with E-state index < -0.39 is 0 Å². The van der Waals surface area contributed by atoms with Crippen LogP contribution in [0.15, 0.2) is 36.4 Å². The lowest BCUT2D eigenvalue weighted by atomic mass is 10.1. The predicted octanol–water partition coefficient (Wildman–Crippen LogP) is 4.59. The number of halogens is 1. The first-order valence-electron chi connectivity index (χ1n) is 7.35. The van der Waals surface area contributed by atoms with Crippen molar-refractivity contribution < 1.29 is 4.74 Å². The number of aromatic nitrogens is 1.